The molecular weight excluding hydrogens is 196 g/mol. The van der Waals surface area contributed by atoms with Crippen molar-refractivity contribution in [3.05, 3.63) is 0 Å². The van der Waals surface area contributed by atoms with Gasteiger partial charge in [-0.15, -0.1) is 0 Å². The Balaban J connectivity index is 2.25. The molecule has 1 aliphatic rings. The molecule has 1 rings (SSSR count). The molecule has 0 saturated heterocycles. The number of aliphatic carboxylic acids is 1. The smallest absolute Gasteiger partial charge is 0.317 e. The fourth-order valence-electron chi connectivity index (χ4n) is 1.53. The second kappa shape index (κ2) is 5.70. The highest BCUT2D eigenvalue weighted by Gasteiger charge is 2.30. The van der Waals surface area contributed by atoms with Gasteiger partial charge in [-0.1, -0.05) is 0 Å². The van der Waals surface area contributed by atoms with Gasteiger partial charge in [0.25, 0.3) is 0 Å². The Morgan fingerprint density at radius 1 is 1.47 bits per heavy atom. The first kappa shape index (κ1) is 12.0. The molecule has 0 aromatic rings. The standard InChI is InChI=1S/C10H18N2O3/c1-2-11-9(13)5-6-12(7-10(14)15)8-3-4-8/h8H,2-7H2,1H3,(H,11,13)(H,14,15). The number of nitrogens with zero attached hydrogens (tertiary/aromatic N) is 1. The maximum absolute atomic E-state index is 11.2. The van der Waals surface area contributed by atoms with E-state index in [0.717, 1.165) is 12.8 Å². The molecule has 15 heavy (non-hydrogen) atoms. The van der Waals surface area contributed by atoms with E-state index < -0.39 is 5.97 Å². The molecule has 1 saturated carbocycles. The van der Waals surface area contributed by atoms with Crippen LogP contribution in [0.15, 0.2) is 0 Å². The van der Waals surface area contributed by atoms with Crippen molar-refractivity contribution in [2.45, 2.75) is 32.2 Å². The van der Waals surface area contributed by atoms with Crippen LogP contribution < -0.4 is 5.32 Å². The third-order valence-corrected chi connectivity index (χ3v) is 2.40. The number of carbonyl (C=O) groups excluding carboxylic acids is 1. The average molecular weight is 214 g/mol. The highest BCUT2D eigenvalue weighted by molar-refractivity contribution is 5.76. The number of hydrogen-bond acceptors (Lipinski definition) is 3. The van der Waals surface area contributed by atoms with Crippen LogP contribution in [-0.4, -0.2) is 47.6 Å². The van der Waals surface area contributed by atoms with Crippen LogP contribution in [0.1, 0.15) is 26.2 Å². The van der Waals surface area contributed by atoms with E-state index in [4.69, 9.17) is 5.11 Å². The van der Waals surface area contributed by atoms with Gasteiger partial charge >= 0.3 is 5.97 Å². The number of amides is 1. The summed E-state index contributed by atoms with van der Waals surface area (Å²) in [5, 5.41) is 11.4. The summed E-state index contributed by atoms with van der Waals surface area (Å²) in [6.45, 7) is 3.09. The molecular formula is C10H18N2O3. The lowest BCUT2D eigenvalue weighted by atomic mass is 10.3. The van der Waals surface area contributed by atoms with Crippen molar-refractivity contribution in [2.75, 3.05) is 19.6 Å². The Kier molecular flexibility index (Phi) is 4.55. The molecule has 0 radical (unpaired) electrons. The van der Waals surface area contributed by atoms with Crippen LogP contribution in [-0.2, 0) is 9.59 Å². The van der Waals surface area contributed by atoms with Crippen LogP contribution in [0.2, 0.25) is 0 Å². The molecule has 5 heteroatoms. The molecule has 0 atom stereocenters. The summed E-state index contributed by atoms with van der Waals surface area (Å²) >= 11 is 0. The lowest BCUT2D eigenvalue weighted by molar-refractivity contribution is -0.138. The lowest BCUT2D eigenvalue weighted by Gasteiger charge is -2.18. The second-order valence-corrected chi connectivity index (χ2v) is 3.80. The molecule has 0 aromatic carbocycles. The third-order valence-electron chi connectivity index (χ3n) is 2.40. The Bertz CT molecular complexity index is 239. The van der Waals surface area contributed by atoms with E-state index in [1.165, 1.54) is 0 Å². The zero-order chi connectivity index (χ0) is 11.3. The van der Waals surface area contributed by atoms with E-state index in [1.54, 1.807) is 0 Å². The molecule has 0 aromatic heterocycles. The molecule has 1 aliphatic carbocycles. The average Bonchev–Trinajstić information content (AvgIpc) is 2.95. The van der Waals surface area contributed by atoms with E-state index in [1.807, 2.05) is 11.8 Å². The summed E-state index contributed by atoms with van der Waals surface area (Å²) in [5.41, 5.74) is 0. The SMILES string of the molecule is CCNC(=O)CCN(CC(=O)O)C1CC1. The fourth-order valence-corrected chi connectivity index (χ4v) is 1.53. The monoisotopic (exact) mass is 214 g/mol. The molecule has 5 nitrogen and oxygen atoms in total. The van der Waals surface area contributed by atoms with Crippen LogP contribution in [0.5, 0.6) is 0 Å². The minimum absolute atomic E-state index is 0.00598. The highest BCUT2D eigenvalue weighted by atomic mass is 16.4. The van der Waals surface area contributed by atoms with Crippen LogP contribution in [0, 0.1) is 0 Å². The van der Waals surface area contributed by atoms with Gasteiger partial charge in [-0.3, -0.25) is 14.5 Å². The summed E-state index contributed by atoms with van der Waals surface area (Å²) in [7, 11) is 0. The Morgan fingerprint density at radius 2 is 2.13 bits per heavy atom. The van der Waals surface area contributed by atoms with E-state index >= 15 is 0 Å². The van der Waals surface area contributed by atoms with Crippen LogP contribution in [0.25, 0.3) is 0 Å². The van der Waals surface area contributed by atoms with Gasteiger partial charge in [-0.2, -0.15) is 0 Å². The number of rotatable bonds is 7. The number of carboxylic acids is 1. The van der Waals surface area contributed by atoms with Crippen molar-refractivity contribution in [1.82, 2.24) is 10.2 Å². The lowest BCUT2D eigenvalue weighted by Crippen LogP contribution is -2.35. The quantitative estimate of drug-likeness (QED) is 0.629. The zero-order valence-electron chi connectivity index (χ0n) is 9.03. The first-order valence-corrected chi connectivity index (χ1v) is 5.36. The molecule has 1 fully saturated rings. The molecule has 86 valence electrons. The van der Waals surface area contributed by atoms with Crippen molar-refractivity contribution in [3.8, 4) is 0 Å². The largest absolute Gasteiger partial charge is 0.480 e. The molecule has 0 spiro atoms. The fraction of sp³-hybridized carbons (Fsp3) is 0.800. The van der Waals surface area contributed by atoms with Gasteiger partial charge in [0.1, 0.15) is 0 Å². The van der Waals surface area contributed by atoms with Gasteiger partial charge in [-0.25, -0.2) is 0 Å². The summed E-state index contributed by atoms with van der Waals surface area (Å²) in [6.07, 6.45) is 2.50. The molecule has 0 unspecified atom stereocenters. The molecule has 0 heterocycles. The summed E-state index contributed by atoms with van der Waals surface area (Å²) < 4.78 is 0. The van der Waals surface area contributed by atoms with Crippen molar-refractivity contribution < 1.29 is 14.7 Å². The minimum atomic E-state index is -0.821. The van der Waals surface area contributed by atoms with Gasteiger partial charge in [0.15, 0.2) is 0 Å². The first-order chi connectivity index (χ1) is 7.13. The van der Waals surface area contributed by atoms with Gasteiger partial charge in [0.2, 0.25) is 5.91 Å². The Morgan fingerprint density at radius 3 is 2.60 bits per heavy atom. The summed E-state index contributed by atoms with van der Waals surface area (Å²) in [5.74, 6) is -0.827. The first-order valence-electron chi connectivity index (χ1n) is 5.36. The summed E-state index contributed by atoms with van der Waals surface area (Å²) in [6, 6.07) is 0.385. The van der Waals surface area contributed by atoms with Gasteiger partial charge < -0.3 is 10.4 Å². The third kappa shape index (κ3) is 4.78. The number of carboxylic acid groups (broad SMARTS) is 1. The highest BCUT2D eigenvalue weighted by Crippen LogP contribution is 2.26. The predicted octanol–water partition coefficient (Wildman–Crippen LogP) is 0.0616. The van der Waals surface area contributed by atoms with E-state index in [0.29, 0.717) is 25.6 Å². The number of carbonyl (C=O) groups is 2. The molecule has 2 N–H and O–H groups in total. The Labute approximate surface area is 89.4 Å². The Hall–Kier alpha value is -1.10. The number of nitrogens with one attached hydrogen (secondary N) is 1. The molecule has 0 aliphatic heterocycles. The van der Waals surface area contributed by atoms with Crippen molar-refractivity contribution in [2.24, 2.45) is 0 Å². The van der Waals surface area contributed by atoms with Crippen LogP contribution in [0.4, 0.5) is 0 Å². The van der Waals surface area contributed by atoms with Gasteiger partial charge in [-0.05, 0) is 19.8 Å². The van der Waals surface area contributed by atoms with Crippen LogP contribution >= 0.6 is 0 Å². The predicted molar refractivity (Wildman–Crippen MR) is 55.5 cm³/mol. The second-order valence-electron chi connectivity index (χ2n) is 3.80. The van der Waals surface area contributed by atoms with E-state index in [2.05, 4.69) is 5.32 Å². The zero-order valence-corrected chi connectivity index (χ0v) is 9.03. The number of hydrogen-bond donors (Lipinski definition) is 2. The molecule has 1 amide bonds. The van der Waals surface area contributed by atoms with Crippen molar-refractivity contribution >= 4 is 11.9 Å². The van der Waals surface area contributed by atoms with E-state index in [9.17, 15) is 9.59 Å². The van der Waals surface area contributed by atoms with Crippen molar-refractivity contribution in [3.63, 3.8) is 0 Å². The van der Waals surface area contributed by atoms with Gasteiger partial charge in [0.05, 0.1) is 6.54 Å². The van der Waals surface area contributed by atoms with E-state index in [-0.39, 0.29) is 12.5 Å². The van der Waals surface area contributed by atoms with Gasteiger partial charge in [0, 0.05) is 25.6 Å². The summed E-state index contributed by atoms with van der Waals surface area (Å²) in [4.78, 5) is 23.6. The maximum Gasteiger partial charge on any atom is 0.317 e. The normalized spacial score (nSPS) is 15.3. The van der Waals surface area contributed by atoms with Crippen LogP contribution in [0.3, 0.4) is 0 Å². The topological polar surface area (TPSA) is 69.6 Å². The maximum atomic E-state index is 11.2. The minimum Gasteiger partial charge on any atom is -0.480 e. The van der Waals surface area contributed by atoms with Crippen molar-refractivity contribution in [1.29, 1.82) is 0 Å². The molecule has 0 bridgehead atoms.